The second kappa shape index (κ2) is 10.1. The summed E-state index contributed by atoms with van der Waals surface area (Å²) in [6.45, 7) is 1.01. The van der Waals surface area contributed by atoms with E-state index in [1.165, 1.54) is 28.0 Å². The van der Waals surface area contributed by atoms with Crippen LogP contribution >= 0.6 is 11.3 Å². The summed E-state index contributed by atoms with van der Waals surface area (Å²) in [5.74, 6) is -1.02. The molecular formula is C25H25FN2O3S. The number of amides is 2. The van der Waals surface area contributed by atoms with Crippen molar-refractivity contribution in [3.05, 3.63) is 93.4 Å². The molecule has 1 atom stereocenters. The Morgan fingerprint density at radius 3 is 2.72 bits per heavy atom. The van der Waals surface area contributed by atoms with Gasteiger partial charge in [-0.15, -0.1) is 11.3 Å². The van der Waals surface area contributed by atoms with Crippen LogP contribution in [-0.2, 0) is 16.0 Å². The lowest BCUT2D eigenvalue weighted by Crippen LogP contribution is -2.47. The lowest BCUT2D eigenvalue weighted by molar-refractivity contribution is -0.134. The average Bonchev–Trinajstić information content (AvgIpc) is 3.30. The second-order valence-corrected chi connectivity index (χ2v) is 8.68. The van der Waals surface area contributed by atoms with Crippen LogP contribution in [0.25, 0.3) is 0 Å². The van der Waals surface area contributed by atoms with Crippen molar-refractivity contribution < 1.29 is 18.7 Å². The first kappa shape index (κ1) is 22.2. The Kier molecular flexibility index (Phi) is 6.97. The number of fused-ring (bicyclic) bond motifs is 1. The van der Waals surface area contributed by atoms with E-state index < -0.39 is 5.82 Å². The zero-order chi connectivity index (χ0) is 22.5. The number of halogens is 1. The molecule has 1 aliphatic heterocycles. The fraction of sp³-hybridized carbons (Fsp3) is 0.280. The Morgan fingerprint density at radius 2 is 1.97 bits per heavy atom. The molecule has 2 amide bonds. The van der Waals surface area contributed by atoms with Gasteiger partial charge in [0.05, 0.1) is 12.6 Å². The van der Waals surface area contributed by atoms with Crippen LogP contribution in [0.4, 0.5) is 4.39 Å². The summed E-state index contributed by atoms with van der Waals surface area (Å²) < 4.78 is 18.8. The molecule has 3 aromatic rings. The van der Waals surface area contributed by atoms with E-state index in [1.807, 2.05) is 35.2 Å². The van der Waals surface area contributed by atoms with Gasteiger partial charge in [-0.3, -0.25) is 9.59 Å². The number of rotatable bonds is 7. The van der Waals surface area contributed by atoms with Gasteiger partial charge in [-0.1, -0.05) is 36.4 Å². The van der Waals surface area contributed by atoms with E-state index in [1.54, 1.807) is 24.5 Å². The molecule has 0 aliphatic carbocycles. The summed E-state index contributed by atoms with van der Waals surface area (Å²) in [6, 6.07) is 17.4. The third-order valence-electron chi connectivity index (χ3n) is 5.65. The zero-order valence-electron chi connectivity index (χ0n) is 17.9. The third kappa shape index (κ3) is 4.74. The van der Waals surface area contributed by atoms with Crippen LogP contribution in [0.5, 0.6) is 0 Å². The van der Waals surface area contributed by atoms with Crippen LogP contribution in [0, 0.1) is 5.82 Å². The molecule has 7 heteroatoms. The van der Waals surface area contributed by atoms with Crippen molar-refractivity contribution in [1.82, 2.24) is 9.80 Å². The van der Waals surface area contributed by atoms with Crippen molar-refractivity contribution >= 4 is 23.2 Å². The molecule has 0 saturated heterocycles. The molecule has 0 bridgehead atoms. The molecular weight excluding hydrogens is 427 g/mol. The number of ether oxygens (including phenoxy) is 1. The lowest BCUT2D eigenvalue weighted by Gasteiger charge is -2.37. The Balaban J connectivity index is 1.60. The van der Waals surface area contributed by atoms with Gasteiger partial charge in [0.1, 0.15) is 12.4 Å². The molecule has 166 valence electrons. The molecule has 1 aromatic heterocycles. The number of hydrogen-bond donors (Lipinski definition) is 0. The Hall–Kier alpha value is -3.03. The predicted molar refractivity (Wildman–Crippen MR) is 122 cm³/mol. The number of methoxy groups -OCH3 is 1. The maximum atomic E-state index is 13.7. The molecule has 2 heterocycles. The molecule has 2 aromatic carbocycles. The highest BCUT2D eigenvalue weighted by Gasteiger charge is 2.34. The topological polar surface area (TPSA) is 49.9 Å². The van der Waals surface area contributed by atoms with Gasteiger partial charge < -0.3 is 14.5 Å². The van der Waals surface area contributed by atoms with E-state index in [-0.39, 0.29) is 43.1 Å². The van der Waals surface area contributed by atoms with E-state index in [4.69, 9.17) is 4.74 Å². The Morgan fingerprint density at radius 1 is 1.16 bits per heavy atom. The molecule has 0 spiro atoms. The summed E-state index contributed by atoms with van der Waals surface area (Å²) in [4.78, 5) is 31.1. The van der Waals surface area contributed by atoms with Crippen LogP contribution in [0.3, 0.4) is 0 Å². The molecule has 1 unspecified atom stereocenters. The van der Waals surface area contributed by atoms with Gasteiger partial charge in [-0.05, 0) is 47.2 Å². The number of carbonyl (C=O) groups excluding carboxylic acids is 2. The molecule has 5 nitrogen and oxygen atoms in total. The highest BCUT2D eigenvalue weighted by Crippen LogP contribution is 2.37. The van der Waals surface area contributed by atoms with E-state index in [9.17, 15) is 14.0 Å². The van der Waals surface area contributed by atoms with Crippen LogP contribution < -0.4 is 0 Å². The fourth-order valence-electron chi connectivity index (χ4n) is 4.09. The highest BCUT2D eigenvalue weighted by atomic mass is 32.1. The van der Waals surface area contributed by atoms with Crippen molar-refractivity contribution in [2.24, 2.45) is 0 Å². The monoisotopic (exact) mass is 452 g/mol. The fourth-order valence-corrected chi connectivity index (χ4v) is 5.00. The number of hydrogen-bond acceptors (Lipinski definition) is 4. The molecule has 32 heavy (non-hydrogen) atoms. The van der Waals surface area contributed by atoms with Gasteiger partial charge in [0.2, 0.25) is 5.91 Å². The third-order valence-corrected chi connectivity index (χ3v) is 6.65. The van der Waals surface area contributed by atoms with Crippen molar-refractivity contribution in [2.45, 2.75) is 12.5 Å². The van der Waals surface area contributed by atoms with E-state index in [0.717, 1.165) is 17.5 Å². The van der Waals surface area contributed by atoms with Crippen LogP contribution in [0.1, 0.15) is 32.4 Å². The number of nitrogens with zero attached hydrogens (tertiary/aromatic N) is 2. The molecule has 0 saturated carbocycles. The number of thiophene rings is 1. The first-order valence-electron chi connectivity index (χ1n) is 10.5. The van der Waals surface area contributed by atoms with E-state index >= 15 is 0 Å². The maximum absolute atomic E-state index is 13.7. The smallest absolute Gasteiger partial charge is 0.254 e. The Bertz CT molecular complexity index is 1090. The van der Waals surface area contributed by atoms with Crippen molar-refractivity contribution in [2.75, 3.05) is 33.4 Å². The minimum Gasteiger partial charge on any atom is -0.383 e. The standard InChI is InChI=1S/C25H25FN2O3S/c1-31-14-13-27(25(30)19-8-5-9-20(26)16-19)17-23(29)28-12-10-22-21(11-15-32-22)24(28)18-6-3-2-4-7-18/h2-9,11,15-16,24H,10,12-14,17H2,1H3. The molecule has 0 N–H and O–H groups in total. The molecule has 0 radical (unpaired) electrons. The van der Waals surface area contributed by atoms with E-state index in [2.05, 4.69) is 11.4 Å². The summed E-state index contributed by atoms with van der Waals surface area (Å²) in [6.07, 6.45) is 0.790. The van der Waals surface area contributed by atoms with Gasteiger partial charge in [-0.25, -0.2) is 4.39 Å². The van der Waals surface area contributed by atoms with E-state index in [0.29, 0.717) is 6.54 Å². The van der Waals surface area contributed by atoms with Crippen molar-refractivity contribution in [3.8, 4) is 0 Å². The summed E-state index contributed by atoms with van der Waals surface area (Å²) in [7, 11) is 1.54. The normalized spacial score (nSPS) is 15.3. The van der Waals surface area contributed by atoms with Gasteiger partial charge in [-0.2, -0.15) is 0 Å². The van der Waals surface area contributed by atoms with Crippen LogP contribution in [0.15, 0.2) is 66.0 Å². The minimum atomic E-state index is -0.487. The minimum absolute atomic E-state index is 0.0957. The SMILES string of the molecule is COCCN(CC(=O)N1CCc2sccc2C1c1ccccc1)C(=O)c1cccc(F)c1. The van der Waals surface area contributed by atoms with Crippen molar-refractivity contribution in [3.63, 3.8) is 0 Å². The number of benzene rings is 2. The largest absolute Gasteiger partial charge is 0.383 e. The molecule has 1 aliphatic rings. The van der Waals surface area contributed by atoms with Gasteiger partial charge in [0.15, 0.2) is 0 Å². The zero-order valence-corrected chi connectivity index (χ0v) is 18.7. The first-order chi connectivity index (χ1) is 15.6. The van der Waals surface area contributed by atoms with Crippen LogP contribution in [0.2, 0.25) is 0 Å². The summed E-state index contributed by atoms with van der Waals surface area (Å²) in [5.41, 5.74) is 2.40. The predicted octanol–water partition coefficient (Wildman–Crippen LogP) is 4.15. The summed E-state index contributed by atoms with van der Waals surface area (Å²) in [5, 5.41) is 2.06. The van der Waals surface area contributed by atoms with Crippen molar-refractivity contribution in [1.29, 1.82) is 0 Å². The Labute approximate surface area is 191 Å². The maximum Gasteiger partial charge on any atom is 0.254 e. The molecule has 0 fully saturated rings. The second-order valence-electron chi connectivity index (χ2n) is 7.68. The quantitative estimate of drug-likeness (QED) is 0.541. The lowest BCUT2D eigenvalue weighted by atomic mass is 9.93. The highest BCUT2D eigenvalue weighted by molar-refractivity contribution is 7.10. The van der Waals surface area contributed by atoms with Gasteiger partial charge in [0.25, 0.3) is 5.91 Å². The molecule has 4 rings (SSSR count). The number of carbonyl (C=O) groups is 2. The van der Waals surface area contributed by atoms with Gasteiger partial charge >= 0.3 is 0 Å². The van der Waals surface area contributed by atoms with Crippen LogP contribution in [-0.4, -0.2) is 55.0 Å². The van der Waals surface area contributed by atoms with Gasteiger partial charge in [0, 0.05) is 30.6 Å². The first-order valence-corrected chi connectivity index (χ1v) is 11.4. The average molecular weight is 453 g/mol. The summed E-state index contributed by atoms with van der Waals surface area (Å²) >= 11 is 1.71.